The van der Waals surface area contributed by atoms with Crippen LogP contribution in [0.2, 0.25) is 0 Å². The minimum absolute atomic E-state index is 0.712. The van der Waals surface area contributed by atoms with Crippen LogP contribution in [0.3, 0.4) is 0 Å². The summed E-state index contributed by atoms with van der Waals surface area (Å²) in [7, 11) is 1.70. The fraction of sp³-hybridized carbons (Fsp3) is 0.438. The number of rotatable bonds is 7. The Labute approximate surface area is 121 Å². The maximum atomic E-state index is 5.33. The number of guanidine groups is 1. The predicted molar refractivity (Wildman–Crippen MR) is 85.6 cm³/mol. The van der Waals surface area contributed by atoms with Crippen LogP contribution in [0.1, 0.15) is 18.1 Å². The second kappa shape index (κ2) is 9.02. The van der Waals surface area contributed by atoms with E-state index < -0.39 is 0 Å². The number of aliphatic imine (C=N–C) groups is 1. The Kier molecular flexibility index (Phi) is 7.25. The molecule has 0 spiro atoms. The Hall–Kier alpha value is -1.97. The van der Waals surface area contributed by atoms with E-state index in [1.807, 2.05) is 13.0 Å². The average molecular weight is 275 g/mol. The van der Waals surface area contributed by atoms with Crippen LogP contribution in [0, 0.1) is 6.92 Å². The average Bonchev–Trinajstić information content (AvgIpc) is 2.46. The van der Waals surface area contributed by atoms with Crippen molar-refractivity contribution in [2.45, 2.75) is 20.3 Å². The van der Waals surface area contributed by atoms with Gasteiger partial charge < -0.3 is 15.4 Å². The van der Waals surface area contributed by atoms with Crippen molar-refractivity contribution in [1.29, 1.82) is 0 Å². The molecule has 0 saturated carbocycles. The predicted octanol–water partition coefficient (Wildman–Crippen LogP) is 2.29. The van der Waals surface area contributed by atoms with Gasteiger partial charge in [-0.15, -0.1) is 6.58 Å². The molecule has 0 aliphatic carbocycles. The van der Waals surface area contributed by atoms with Crippen LogP contribution in [-0.4, -0.2) is 32.7 Å². The van der Waals surface area contributed by atoms with E-state index in [2.05, 4.69) is 47.3 Å². The summed E-state index contributed by atoms with van der Waals surface area (Å²) in [5.74, 6) is 1.76. The molecule has 20 heavy (non-hydrogen) atoms. The Morgan fingerprint density at radius 2 is 2.20 bits per heavy atom. The molecule has 0 amide bonds. The summed E-state index contributed by atoms with van der Waals surface area (Å²) in [5, 5.41) is 6.39. The van der Waals surface area contributed by atoms with Gasteiger partial charge in [-0.25, -0.2) is 0 Å². The highest BCUT2D eigenvalue weighted by molar-refractivity contribution is 5.79. The van der Waals surface area contributed by atoms with Crippen LogP contribution in [0.25, 0.3) is 0 Å². The van der Waals surface area contributed by atoms with Gasteiger partial charge in [-0.1, -0.05) is 18.2 Å². The first-order valence-electron chi connectivity index (χ1n) is 6.97. The van der Waals surface area contributed by atoms with Crippen molar-refractivity contribution in [3.05, 3.63) is 42.0 Å². The van der Waals surface area contributed by atoms with Crippen molar-refractivity contribution in [1.82, 2.24) is 10.6 Å². The smallest absolute Gasteiger partial charge is 0.191 e. The zero-order valence-electron chi connectivity index (χ0n) is 12.7. The van der Waals surface area contributed by atoms with E-state index in [4.69, 9.17) is 4.74 Å². The molecule has 0 fully saturated rings. The summed E-state index contributed by atoms with van der Waals surface area (Å²) < 4.78 is 5.33. The molecule has 110 valence electrons. The molecule has 0 saturated heterocycles. The molecule has 1 aromatic carbocycles. The highest BCUT2D eigenvalue weighted by atomic mass is 16.5. The number of aryl methyl sites for hydroxylation is 1. The monoisotopic (exact) mass is 275 g/mol. The van der Waals surface area contributed by atoms with Crippen LogP contribution in [0.15, 0.2) is 35.8 Å². The van der Waals surface area contributed by atoms with E-state index in [1.165, 1.54) is 5.56 Å². The summed E-state index contributed by atoms with van der Waals surface area (Å²) in [6, 6.07) is 6.28. The van der Waals surface area contributed by atoms with Gasteiger partial charge in [0.05, 0.1) is 7.11 Å². The Morgan fingerprint density at radius 3 is 2.85 bits per heavy atom. The molecule has 4 heteroatoms. The molecule has 0 bridgehead atoms. The van der Waals surface area contributed by atoms with Crippen molar-refractivity contribution < 1.29 is 4.74 Å². The van der Waals surface area contributed by atoms with Crippen molar-refractivity contribution >= 4 is 5.96 Å². The lowest BCUT2D eigenvalue weighted by molar-refractivity contribution is 0.411. The van der Waals surface area contributed by atoms with Gasteiger partial charge in [0, 0.05) is 19.6 Å². The molecular weight excluding hydrogens is 250 g/mol. The van der Waals surface area contributed by atoms with Crippen molar-refractivity contribution in [2.24, 2.45) is 4.99 Å². The number of hydrogen-bond donors (Lipinski definition) is 2. The molecule has 1 aromatic rings. The number of ether oxygens (including phenoxy) is 1. The summed E-state index contributed by atoms with van der Waals surface area (Å²) in [6.45, 7) is 10.1. The quantitative estimate of drug-likeness (QED) is 0.456. The number of nitrogens with one attached hydrogen (secondary N) is 2. The van der Waals surface area contributed by atoms with Crippen LogP contribution >= 0.6 is 0 Å². The van der Waals surface area contributed by atoms with Gasteiger partial charge in [-0.2, -0.15) is 0 Å². The lowest BCUT2D eigenvalue weighted by atomic mass is 10.1. The molecule has 0 heterocycles. The lowest BCUT2D eigenvalue weighted by Crippen LogP contribution is -2.37. The van der Waals surface area contributed by atoms with Crippen LogP contribution in [-0.2, 0) is 6.42 Å². The summed E-state index contributed by atoms with van der Waals surface area (Å²) >= 11 is 0. The third kappa shape index (κ3) is 5.34. The fourth-order valence-corrected chi connectivity index (χ4v) is 1.83. The standard InChI is InChI=1S/C16H25N3O/c1-5-10-18-16(17-6-2)19-11-9-14-8-7-13(3)15(12-14)20-4/h5,7-8,12H,1,6,9-11H2,2-4H3,(H2,17,18,19). The van der Waals surface area contributed by atoms with Crippen LogP contribution < -0.4 is 15.4 Å². The molecule has 0 aliphatic rings. The van der Waals surface area contributed by atoms with E-state index in [-0.39, 0.29) is 0 Å². The Balaban J connectivity index is 2.58. The maximum absolute atomic E-state index is 5.33. The van der Waals surface area contributed by atoms with Crippen molar-refractivity contribution in [3.8, 4) is 5.75 Å². The minimum Gasteiger partial charge on any atom is -0.496 e. The largest absolute Gasteiger partial charge is 0.496 e. The Morgan fingerprint density at radius 1 is 1.40 bits per heavy atom. The van der Waals surface area contributed by atoms with Gasteiger partial charge >= 0.3 is 0 Å². The van der Waals surface area contributed by atoms with Gasteiger partial charge in [-0.3, -0.25) is 4.99 Å². The van der Waals surface area contributed by atoms with Gasteiger partial charge in [0.1, 0.15) is 5.75 Å². The second-order valence-corrected chi connectivity index (χ2v) is 4.48. The molecular formula is C16H25N3O. The third-order valence-corrected chi connectivity index (χ3v) is 2.90. The number of nitrogens with zero attached hydrogens (tertiary/aromatic N) is 1. The topological polar surface area (TPSA) is 45.7 Å². The molecule has 0 aliphatic heterocycles. The Bertz CT molecular complexity index is 455. The van der Waals surface area contributed by atoms with E-state index in [9.17, 15) is 0 Å². The minimum atomic E-state index is 0.712. The molecule has 2 N–H and O–H groups in total. The van der Waals surface area contributed by atoms with Gasteiger partial charge in [-0.05, 0) is 37.5 Å². The van der Waals surface area contributed by atoms with Crippen molar-refractivity contribution in [3.63, 3.8) is 0 Å². The summed E-state index contributed by atoms with van der Waals surface area (Å²) in [6.07, 6.45) is 2.71. The highest BCUT2D eigenvalue weighted by Gasteiger charge is 2.00. The van der Waals surface area contributed by atoms with Gasteiger partial charge in [0.25, 0.3) is 0 Å². The summed E-state index contributed by atoms with van der Waals surface area (Å²) in [4.78, 5) is 4.53. The number of methoxy groups -OCH3 is 1. The zero-order valence-corrected chi connectivity index (χ0v) is 12.7. The molecule has 0 radical (unpaired) electrons. The van der Waals surface area contributed by atoms with Crippen molar-refractivity contribution in [2.75, 3.05) is 26.7 Å². The van der Waals surface area contributed by atoms with Gasteiger partial charge in [0.2, 0.25) is 0 Å². The summed E-state index contributed by atoms with van der Waals surface area (Å²) in [5.41, 5.74) is 2.39. The second-order valence-electron chi connectivity index (χ2n) is 4.48. The lowest BCUT2D eigenvalue weighted by Gasteiger charge is -2.10. The first-order chi connectivity index (χ1) is 9.71. The third-order valence-electron chi connectivity index (χ3n) is 2.90. The van der Waals surface area contributed by atoms with Crippen LogP contribution in [0.5, 0.6) is 5.75 Å². The molecule has 0 unspecified atom stereocenters. The van der Waals surface area contributed by atoms with E-state index in [1.54, 1.807) is 7.11 Å². The number of hydrogen-bond acceptors (Lipinski definition) is 2. The molecule has 4 nitrogen and oxygen atoms in total. The van der Waals surface area contributed by atoms with Crippen LogP contribution in [0.4, 0.5) is 0 Å². The van der Waals surface area contributed by atoms with Gasteiger partial charge in [0.15, 0.2) is 5.96 Å². The molecule has 0 atom stereocenters. The zero-order chi connectivity index (χ0) is 14.8. The highest BCUT2D eigenvalue weighted by Crippen LogP contribution is 2.19. The first-order valence-corrected chi connectivity index (χ1v) is 6.97. The van der Waals surface area contributed by atoms with E-state index >= 15 is 0 Å². The van der Waals surface area contributed by atoms with E-state index in [0.29, 0.717) is 6.54 Å². The molecule has 1 rings (SSSR count). The van der Waals surface area contributed by atoms with E-state index in [0.717, 1.165) is 36.8 Å². The number of benzene rings is 1. The molecule has 0 aromatic heterocycles. The first kappa shape index (κ1) is 16.1. The maximum Gasteiger partial charge on any atom is 0.191 e. The normalized spacial score (nSPS) is 11.1. The SMILES string of the molecule is C=CCNC(=NCCc1ccc(C)c(OC)c1)NCC. The fourth-order valence-electron chi connectivity index (χ4n) is 1.83.